The van der Waals surface area contributed by atoms with Crippen molar-refractivity contribution in [1.82, 2.24) is 4.98 Å². The molecular weight excluding hydrogens is 177 g/mol. The van der Waals surface area contributed by atoms with Gasteiger partial charge in [-0.1, -0.05) is 11.6 Å². The zero-order valence-electron chi connectivity index (χ0n) is 6.49. The summed E-state index contributed by atoms with van der Waals surface area (Å²) in [5.74, 6) is -0.360. The summed E-state index contributed by atoms with van der Waals surface area (Å²) in [6.45, 7) is 1.85. The fourth-order valence-electron chi connectivity index (χ4n) is 1.33. The largest absolute Gasteiger partial charge is 0.361 e. The first-order chi connectivity index (χ1) is 5.70. The van der Waals surface area contributed by atoms with E-state index in [1.54, 1.807) is 12.3 Å². The molecule has 0 saturated carbocycles. The lowest BCUT2D eigenvalue weighted by Gasteiger charge is -1.99. The number of aromatic nitrogens is 1. The lowest BCUT2D eigenvalue weighted by molar-refractivity contribution is 0.629. The summed E-state index contributed by atoms with van der Waals surface area (Å²) in [7, 11) is 0. The second-order valence-corrected chi connectivity index (χ2v) is 3.13. The molecule has 12 heavy (non-hydrogen) atoms. The number of H-pyrrole nitrogens is 1. The zero-order chi connectivity index (χ0) is 8.72. The van der Waals surface area contributed by atoms with Crippen molar-refractivity contribution in [2.24, 2.45) is 0 Å². The van der Waals surface area contributed by atoms with E-state index in [-0.39, 0.29) is 10.8 Å². The Balaban J connectivity index is 2.97. The molecule has 0 radical (unpaired) electrons. The Morgan fingerprint density at radius 1 is 1.50 bits per heavy atom. The minimum Gasteiger partial charge on any atom is -0.361 e. The summed E-state index contributed by atoms with van der Waals surface area (Å²) in [5, 5.41) is 0.936. The number of aromatic amines is 1. The second-order valence-electron chi connectivity index (χ2n) is 2.76. The molecule has 1 N–H and O–H groups in total. The predicted molar refractivity (Wildman–Crippen MR) is 48.0 cm³/mol. The van der Waals surface area contributed by atoms with Gasteiger partial charge in [0.1, 0.15) is 5.82 Å². The molecule has 62 valence electrons. The fraction of sp³-hybridized carbons (Fsp3) is 0.111. The minimum atomic E-state index is -0.360. The molecule has 0 aliphatic heterocycles. The molecule has 1 heterocycles. The Hall–Kier alpha value is -1.02. The van der Waals surface area contributed by atoms with Crippen molar-refractivity contribution >= 4 is 22.5 Å². The summed E-state index contributed by atoms with van der Waals surface area (Å²) in [6.07, 6.45) is 1.75. The normalized spacial score (nSPS) is 10.9. The molecular formula is C9H7ClFN. The molecule has 1 aromatic carbocycles. The summed E-state index contributed by atoms with van der Waals surface area (Å²) in [5.41, 5.74) is 1.78. The van der Waals surface area contributed by atoms with Crippen LogP contribution in [0, 0.1) is 12.7 Å². The van der Waals surface area contributed by atoms with Crippen molar-refractivity contribution in [3.8, 4) is 0 Å². The Morgan fingerprint density at radius 2 is 2.25 bits per heavy atom. The molecule has 0 atom stereocenters. The Labute approximate surface area is 74.2 Å². The molecule has 0 fully saturated rings. The van der Waals surface area contributed by atoms with E-state index >= 15 is 0 Å². The van der Waals surface area contributed by atoms with E-state index in [0.29, 0.717) is 0 Å². The van der Waals surface area contributed by atoms with Crippen LogP contribution >= 0.6 is 11.6 Å². The van der Waals surface area contributed by atoms with Crippen molar-refractivity contribution in [1.29, 1.82) is 0 Å². The SMILES string of the molecule is Cc1cc(F)c(Cl)c2cc[nH]c12. The smallest absolute Gasteiger partial charge is 0.142 e. The summed E-state index contributed by atoms with van der Waals surface area (Å²) >= 11 is 5.74. The first-order valence-corrected chi connectivity index (χ1v) is 3.99. The third-order valence-corrected chi connectivity index (χ3v) is 2.31. The van der Waals surface area contributed by atoms with Gasteiger partial charge in [0.2, 0.25) is 0 Å². The molecule has 0 bridgehead atoms. The summed E-state index contributed by atoms with van der Waals surface area (Å²) in [4.78, 5) is 3.00. The van der Waals surface area contributed by atoms with E-state index < -0.39 is 0 Å². The fourth-order valence-corrected chi connectivity index (χ4v) is 1.54. The van der Waals surface area contributed by atoms with Gasteiger partial charge >= 0.3 is 0 Å². The monoisotopic (exact) mass is 183 g/mol. The molecule has 0 unspecified atom stereocenters. The van der Waals surface area contributed by atoms with E-state index in [9.17, 15) is 4.39 Å². The Kier molecular flexibility index (Phi) is 1.58. The van der Waals surface area contributed by atoms with Crippen molar-refractivity contribution in [3.63, 3.8) is 0 Å². The predicted octanol–water partition coefficient (Wildman–Crippen LogP) is 3.27. The van der Waals surface area contributed by atoms with Crippen LogP contribution in [0.3, 0.4) is 0 Å². The molecule has 2 rings (SSSR count). The average molecular weight is 184 g/mol. The topological polar surface area (TPSA) is 15.8 Å². The maximum absolute atomic E-state index is 13.0. The van der Waals surface area contributed by atoms with Crippen LogP contribution in [0.25, 0.3) is 10.9 Å². The molecule has 1 aromatic heterocycles. The van der Waals surface area contributed by atoms with E-state index in [0.717, 1.165) is 16.5 Å². The third-order valence-electron chi connectivity index (χ3n) is 1.93. The number of benzene rings is 1. The molecule has 0 saturated heterocycles. The maximum Gasteiger partial charge on any atom is 0.142 e. The summed E-state index contributed by atoms with van der Waals surface area (Å²) in [6, 6.07) is 3.20. The first-order valence-electron chi connectivity index (χ1n) is 3.62. The Bertz CT molecular complexity index is 433. The molecule has 0 spiro atoms. The van der Waals surface area contributed by atoms with Gasteiger partial charge in [-0.3, -0.25) is 0 Å². The van der Waals surface area contributed by atoms with Crippen LogP contribution in [0.4, 0.5) is 4.39 Å². The maximum atomic E-state index is 13.0. The van der Waals surface area contributed by atoms with Crippen LogP contribution in [0.2, 0.25) is 5.02 Å². The quantitative estimate of drug-likeness (QED) is 0.645. The van der Waals surface area contributed by atoms with E-state index in [2.05, 4.69) is 4.98 Å². The van der Waals surface area contributed by atoms with Gasteiger partial charge in [0, 0.05) is 11.6 Å². The molecule has 0 aliphatic rings. The van der Waals surface area contributed by atoms with Gasteiger partial charge in [0.05, 0.1) is 10.5 Å². The summed E-state index contributed by atoms with van der Waals surface area (Å²) < 4.78 is 13.0. The zero-order valence-corrected chi connectivity index (χ0v) is 7.24. The molecule has 1 nitrogen and oxygen atoms in total. The molecule has 0 amide bonds. The number of halogens is 2. The highest BCUT2D eigenvalue weighted by Gasteiger charge is 2.07. The van der Waals surface area contributed by atoms with Crippen LogP contribution in [-0.2, 0) is 0 Å². The molecule has 3 heteroatoms. The molecule has 0 aliphatic carbocycles. The first kappa shape index (κ1) is 7.62. The standard InChI is InChI=1S/C9H7ClFN/c1-5-4-7(11)8(10)6-2-3-12-9(5)6/h2-4,12H,1H3. The van der Waals surface area contributed by atoms with Crippen LogP contribution in [0.5, 0.6) is 0 Å². The van der Waals surface area contributed by atoms with Gasteiger partial charge in [0.25, 0.3) is 0 Å². The molecule has 2 aromatic rings. The van der Waals surface area contributed by atoms with E-state index in [1.807, 2.05) is 6.92 Å². The van der Waals surface area contributed by atoms with Crippen molar-refractivity contribution in [3.05, 3.63) is 34.7 Å². The number of hydrogen-bond acceptors (Lipinski definition) is 0. The average Bonchev–Trinajstić information content (AvgIpc) is 2.48. The van der Waals surface area contributed by atoms with Crippen LogP contribution in [0.1, 0.15) is 5.56 Å². The Morgan fingerprint density at radius 3 is 3.00 bits per heavy atom. The highest BCUT2D eigenvalue weighted by Crippen LogP contribution is 2.27. The van der Waals surface area contributed by atoms with Gasteiger partial charge in [-0.25, -0.2) is 4.39 Å². The highest BCUT2D eigenvalue weighted by molar-refractivity contribution is 6.35. The lowest BCUT2D eigenvalue weighted by Crippen LogP contribution is -1.82. The second kappa shape index (κ2) is 2.49. The van der Waals surface area contributed by atoms with Gasteiger partial charge in [-0.15, -0.1) is 0 Å². The van der Waals surface area contributed by atoms with Crippen molar-refractivity contribution in [2.75, 3.05) is 0 Å². The van der Waals surface area contributed by atoms with E-state index in [1.165, 1.54) is 6.07 Å². The highest BCUT2D eigenvalue weighted by atomic mass is 35.5. The number of hydrogen-bond donors (Lipinski definition) is 1. The lowest BCUT2D eigenvalue weighted by atomic mass is 10.1. The van der Waals surface area contributed by atoms with Gasteiger partial charge in [-0.2, -0.15) is 0 Å². The van der Waals surface area contributed by atoms with Gasteiger partial charge < -0.3 is 4.98 Å². The van der Waals surface area contributed by atoms with Crippen LogP contribution in [0.15, 0.2) is 18.3 Å². The van der Waals surface area contributed by atoms with Gasteiger partial charge in [0.15, 0.2) is 0 Å². The van der Waals surface area contributed by atoms with Gasteiger partial charge in [-0.05, 0) is 24.6 Å². The number of fused-ring (bicyclic) bond motifs is 1. The number of nitrogens with one attached hydrogen (secondary N) is 1. The van der Waals surface area contributed by atoms with Crippen molar-refractivity contribution < 1.29 is 4.39 Å². The van der Waals surface area contributed by atoms with Crippen LogP contribution < -0.4 is 0 Å². The third kappa shape index (κ3) is 0.916. The van der Waals surface area contributed by atoms with E-state index in [4.69, 9.17) is 11.6 Å². The number of aryl methyl sites for hydroxylation is 1. The number of rotatable bonds is 0. The van der Waals surface area contributed by atoms with Crippen molar-refractivity contribution in [2.45, 2.75) is 6.92 Å². The van der Waals surface area contributed by atoms with Crippen LogP contribution in [-0.4, -0.2) is 4.98 Å². The minimum absolute atomic E-state index is 0.192.